The molecule has 0 bridgehead atoms. The summed E-state index contributed by atoms with van der Waals surface area (Å²) in [4.78, 5) is 26.4. The molecule has 1 aliphatic rings. The highest BCUT2D eigenvalue weighted by molar-refractivity contribution is 5.80. The Morgan fingerprint density at radius 2 is 1.05 bits per heavy atom. The molecule has 1 amide bonds. The van der Waals surface area contributed by atoms with Gasteiger partial charge in [0.1, 0.15) is 24.4 Å². The number of hydrogen-bond acceptors (Lipinski definition) is 10. The molecule has 1 aliphatic heterocycles. The number of allylic oxidation sites excluding steroid dienone is 21. The quantitative estimate of drug-likeness (QED) is 0.0149. The molecule has 0 aromatic rings. The second kappa shape index (κ2) is 48.7. The van der Waals surface area contributed by atoms with Gasteiger partial charge in [-0.1, -0.05) is 225 Å². The van der Waals surface area contributed by atoms with Gasteiger partial charge >= 0.3 is 5.97 Å². The molecule has 0 saturated carbocycles. The number of amides is 1. The highest BCUT2D eigenvalue weighted by atomic mass is 16.7. The van der Waals surface area contributed by atoms with Crippen LogP contribution in [0.2, 0.25) is 0 Å². The van der Waals surface area contributed by atoms with E-state index < -0.39 is 67.4 Å². The van der Waals surface area contributed by atoms with Crippen LogP contribution in [0.4, 0.5) is 0 Å². The van der Waals surface area contributed by atoms with Crippen molar-refractivity contribution in [3.05, 3.63) is 134 Å². The molecule has 8 atom stereocenters. The van der Waals surface area contributed by atoms with Crippen molar-refractivity contribution >= 4 is 11.9 Å². The van der Waals surface area contributed by atoms with Crippen molar-refractivity contribution in [2.45, 2.75) is 230 Å². The van der Waals surface area contributed by atoms with Crippen LogP contribution >= 0.6 is 0 Å². The standard InChI is InChI=1S/C62H99NO10/c1-4-7-10-13-16-19-22-25-26-27-28-29-30-32-35-38-41-44-47-50-57(67)73-60-59(69)58(68)56(51-64)72-62(60)71-52-53(54(65)48-45-42-39-36-34-31-23-20-17-14-11-8-5-2)63-61(70)55(66)49-46-43-40-37-33-24-21-18-15-12-9-6-3/h7,9-10,12,15-16,18-19,21,24-26,28-29,32-33,35,37,40,43,45,48,53-56,58-60,62,64-66,68-69H,4-6,8,11,13-14,17,20,22-23,27,30-31,34,36,38-39,41-42,44,46-47,49-52H2,1-3H3,(H,63,70)/b10-7-,12-9+,18-15+,19-16-,24-21-,26-25-,29-28-,35-32-,37-33-,43-40+,48-45+. The smallest absolute Gasteiger partial charge is 0.306 e. The fourth-order valence-electron chi connectivity index (χ4n) is 7.76. The predicted octanol–water partition coefficient (Wildman–Crippen LogP) is 12.5. The number of hydrogen-bond donors (Lipinski definition) is 6. The summed E-state index contributed by atoms with van der Waals surface area (Å²) in [5.74, 6) is -1.32. The Morgan fingerprint density at radius 1 is 0.562 bits per heavy atom. The Labute approximate surface area is 442 Å². The molecule has 1 rings (SSSR count). The summed E-state index contributed by atoms with van der Waals surface area (Å²) in [5, 5.41) is 56.6. The maximum absolute atomic E-state index is 13.3. The van der Waals surface area contributed by atoms with E-state index in [0.29, 0.717) is 12.8 Å². The van der Waals surface area contributed by atoms with Crippen LogP contribution < -0.4 is 5.32 Å². The summed E-state index contributed by atoms with van der Waals surface area (Å²) in [5.41, 5.74) is 0. The summed E-state index contributed by atoms with van der Waals surface area (Å²) >= 11 is 0. The number of rotatable bonds is 44. The molecule has 0 spiro atoms. The van der Waals surface area contributed by atoms with E-state index in [4.69, 9.17) is 14.2 Å². The van der Waals surface area contributed by atoms with Crippen LogP contribution in [0.15, 0.2) is 134 Å². The minimum absolute atomic E-state index is 0.0671. The maximum atomic E-state index is 13.3. The van der Waals surface area contributed by atoms with Crippen molar-refractivity contribution in [2.24, 2.45) is 0 Å². The van der Waals surface area contributed by atoms with Gasteiger partial charge in [0.15, 0.2) is 12.4 Å². The Balaban J connectivity index is 2.81. The molecule has 11 heteroatoms. The van der Waals surface area contributed by atoms with Gasteiger partial charge in [0.05, 0.1) is 25.4 Å². The van der Waals surface area contributed by atoms with Gasteiger partial charge in [-0.05, 0) is 83.5 Å². The number of carbonyl (C=O) groups excluding carboxylic acids is 2. The van der Waals surface area contributed by atoms with Crippen LogP contribution in [-0.4, -0.2) is 99.6 Å². The third-order valence-corrected chi connectivity index (χ3v) is 12.2. The molecular formula is C62H99NO10. The number of unbranched alkanes of at least 4 members (excludes halogenated alkanes) is 14. The molecule has 11 nitrogen and oxygen atoms in total. The van der Waals surface area contributed by atoms with E-state index in [1.807, 2.05) is 60.8 Å². The minimum Gasteiger partial charge on any atom is -0.454 e. The monoisotopic (exact) mass is 1020 g/mol. The first-order chi connectivity index (χ1) is 35.7. The third-order valence-electron chi connectivity index (χ3n) is 12.2. The van der Waals surface area contributed by atoms with Gasteiger partial charge in [-0.3, -0.25) is 9.59 Å². The summed E-state index contributed by atoms with van der Waals surface area (Å²) in [6, 6.07) is -1.08. The van der Waals surface area contributed by atoms with Crippen LogP contribution in [0.5, 0.6) is 0 Å². The van der Waals surface area contributed by atoms with E-state index in [9.17, 15) is 35.1 Å². The second-order valence-electron chi connectivity index (χ2n) is 18.7. The highest BCUT2D eigenvalue weighted by Gasteiger charge is 2.47. The summed E-state index contributed by atoms with van der Waals surface area (Å²) in [6.07, 6.45) is 58.0. The molecule has 6 N–H and O–H groups in total. The van der Waals surface area contributed by atoms with Crippen molar-refractivity contribution in [1.29, 1.82) is 0 Å². The summed E-state index contributed by atoms with van der Waals surface area (Å²) < 4.78 is 17.5. The topological polar surface area (TPSA) is 175 Å². The average Bonchev–Trinajstić information content (AvgIpc) is 3.39. The molecule has 1 heterocycles. The molecule has 73 heavy (non-hydrogen) atoms. The Bertz CT molecular complexity index is 1690. The minimum atomic E-state index is -1.65. The normalized spacial score (nSPS) is 20.5. The average molecular weight is 1020 g/mol. The molecule has 0 aromatic heterocycles. The van der Waals surface area contributed by atoms with Crippen LogP contribution in [0.1, 0.15) is 181 Å². The first kappa shape index (κ1) is 66.8. The van der Waals surface area contributed by atoms with E-state index in [1.54, 1.807) is 6.08 Å². The van der Waals surface area contributed by atoms with E-state index >= 15 is 0 Å². The lowest BCUT2D eigenvalue weighted by Gasteiger charge is -2.41. The second-order valence-corrected chi connectivity index (χ2v) is 18.7. The fraction of sp³-hybridized carbons (Fsp3) is 0.613. The zero-order chi connectivity index (χ0) is 53.3. The number of esters is 1. The number of nitrogens with one attached hydrogen (secondary N) is 1. The lowest BCUT2D eigenvalue weighted by Crippen LogP contribution is -2.61. The van der Waals surface area contributed by atoms with Crippen LogP contribution in [0.25, 0.3) is 0 Å². The van der Waals surface area contributed by atoms with Gasteiger partial charge < -0.3 is 45.1 Å². The number of carbonyl (C=O) groups is 2. The molecule has 412 valence electrons. The maximum Gasteiger partial charge on any atom is 0.306 e. The van der Waals surface area contributed by atoms with Crippen molar-refractivity contribution in [3.8, 4) is 0 Å². The van der Waals surface area contributed by atoms with Crippen LogP contribution in [0.3, 0.4) is 0 Å². The van der Waals surface area contributed by atoms with Gasteiger partial charge in [0.2, 0.25) is 5.91 Å². The largest absolute Gasteiger partial charge is 0.454 e. The highest BCUT2D eigenvalue weighted by Crippen LogP contribution is 2.26. The SMILES string of the molecule is CC/C=C\C/C=C\C/C=C\C/C=C\C/C=C\CCCCCC(=O)OC1C(OCC(NC(=O)C(O)CC/C=C/C=C\C=C/C=C/C=C/CC)C(O)/C=C/CCCCCCCCCCCCC)OC(CO)C(O)C1O. The van der Waals surface area contributed by atoms with E-state index in [0.717, 1.165) is 83.5 Å². The molecule has 0 aliphatic carbocycles. The van der Waals surface area contributed by atoms with Gasteiger partial charge in [0.25, 0.3) is 0 Å². The first-order valence-corrected chi connectivity index (χ1v) is 28.0. The van der Waals surface area contributed by atoms with Crippen LogP contribution in [-0.2, 0) is 23.8 Å². The van der Waals surface area contributed by atoms with Gasteiger partial charge in [0, 0.05) is 6.42 Å². The third kappa shape index (κ3) is 37.2. The van der Waals surface area contributed by atoms with Crippen molar-refractivity contribution in [3.63, 3.8) is 0 Å². The summed E-state index contributed by atoms with van der Waals surface area (Å²) in [6.45, 7) is 5.42. The number of aliphatic hydroxyl groups excluding tert-OH is 5. The van der Waals surface area contributed by atoms with E-state index in [2.05, 4.69) is 92.9 Å². The zero-order valence-electron chi connectivity index (χ0n) is 45.2. The van der Waals surface area contributed by atoms with Gasteiger partial charge in [-0.2, -0.15) is 0 Å². The number of aliphatic hydroxyl groups is 5. The lowest BCUT2D eigenvalue weighted by atomic mass is 9.99. The van der Waals surface area contributed by atoms with Crippen LogP contribution in [0, 0.1) is 0 Å². The Kier molecular flexibility index (Phi) is 44.6. The Morgan fingerprint density at radius 3 is 1.62 bits per heavy atom. The fourth-order valence-corrected chi connectivity index (χ4v) is 7.76. The predicted molar refractivity (Wildman–Crippen MR) is 301 cm³/mol. The molecular weight excluding hydrogens is 919 g/mol. The number of ether oxygens (including phenoxy) is 3. The molecule has 0 aromatic carbocycles. The Hall–Kier alpha value is -4.20. The first-order valence-electron chi connectivity index (χ1n) is 28.0. The van der Waals surface area contributed by atoms with E-state index in [1.165, 1.54) is 51.4 Å². The molecule has 1 saturated heterocycles. The molecule has 8 unspecified atom stereocenters. The van der Waals surface area contributed by atoms with E-state index in [-0.39, 0.29) is 19.4 Å². The summed E-state index contributed by atoms with van der Waals surface area (Å²) in [7, 11) is 0. The van der Waals surface area contributed by atoms with Crippen molar-refractivity contribution in [1.82, 2.24) is 5.32 Å². The zero-order valence-corrected chi connectivity index (χ0v) is 45.2. The lowest BCUT2D eigenvalue weighted by molar-refractivity contribution is -0.305. The van der Waals surface area contributed by atoms with Crippen molar-refractivity contribution in [2.75, 3.05) is 13.2 Å². The molecule has 1 fully saturated rings. The van der Waals surface area contributed by atoms with Crippen molar-refractivity contribution < 1.29 is 49.3 Å². The van der Waals surface area contributed by atoms with Gasteiger partial charge in [-0.25, -0.2) is 0 Å². The molecule has 0 radical (unpaired) electrons. The van der Waals surface area contributed by atoms with Gasteiger partial charge in [-0.15, -0.1) is 0 Å².